The van der Waals surface area contributed by atoms with Gasteiger partial charge in [-0.2, -0.15) is 0 Å². The molecule has 1 N–H and O–H groups in total. The van der Waals surface area contributed by atoms with E-state index in [1.807, 2.05) is 47.7 Å². The molecule has 0 fully saturated rings. The van der Waals surface area contributed by atoms with Gasteiger partial charge in [0.2, 0.25) is 0 Å². The van der Waals surface area contributed by atoms with Crippen molar-refractivity contribution < 1.29 is 30.0 Å². The van der Waals surface area contributed by atoms with Crippen LogP contribution in [0.3, 0.4) is 0 Å². The summed E-state index contributed by atoms with van der Waals surface area (Å²) in [5, 5.41) is 19.1. The minimum Gasteiger partial charge on any atom is -0.512 e. The SMILES string of the molecule is CCC(C)(CC)C(=O)/C=C(\O)C(C)(CC)CC.C[Si](C)(C)c1cc(-c2nccc3c2ccc2ccccc23)[c-]c2ccccc12.[Ir]. The zero-order chi connectivity index (χ0) is 33.0. The van der Waals surface area contributed by atoms with E-state index in [-0.39, 0.29) is 42.5 Å². The molecule has 0 aliphatic rings. The third-order valence-corrected chi connectivity index (χ3v) is 12.1. The van der Waals surface area contributed by atoms with E-state index in [2.05, 4.69) is 98.5 Å². The molecule has 1 radical (unpaired) electrons. The predicted octanol–water partition coefficient (Wildman–Crippen LogP) is 11.2. The van der Waals surface area contributed by atoms with Crippen LogP contribution in [0.1, 0.15) is 67.2 Å². The molecule has 0 aliphatic heterocycles. The molecule has 0 atom stereocenters. The molecule has 1 aromatic heterocycles. The molecule has 0 saturated carbocycles. The zero-order valence-corrected chi connectivity index (χ0v) is 32.4. The Hall–Kier alpha value is -3.11. The van der Waals surface area contributed by atoms with E-state index in [1.165, 1.54) is 43.6 Å². The van der Waals surface area contributed by atoms with Crippen LogP contribution in [0, 0.1) is 16.9 Å². The first-order chi connectivity index (χ1) is 21.3. The van der Waals surface area contributed by atoms with Gasteiger partial charge in [0.05, 0.1) is 8.07 Å². The number of carbonyl (C=O) groups excluding carboxylic acids is 1. The second-order valence-electron chi connectivity index (χ2n) is 13.9. The summed E-state index contributed by atoms with van der Waals surface area (Å²) >= 11 is 0. The largest absolute Gasteiger partial charge is 0.512 e. The first-order valence-corrected chi connectivity index (χ1v) is 20.0. The Morgan fingerprint density at radius 1 is 0.783 bits per heavy atom. The zero-order valence-electron chi connectivity index (χ0n) is 29.0. The smallest absolute Gasteiger partial charge is 0.164 e. The van der Waals surface area contributed by atoms with E-state index in [1.54, 1.807) is 0 Å². The van der Waals surface area contributed by atoms with Crippen LogP contribution in [0.5, 0.6) is 0 Å². The van der Waals surface area contributed by atoms with Crippen molar-refractivity contribution in [3.05, 3.63) is 96.9 Å². The number of allylic oxidation sites excluding steroid dienone is 2. The molecule has 1 heterocycles. The predicted molar refractivity (Wildman–Crippen MR) is 197 cm³/mol. The van der Waals surface area contributed by atoms with E-state index in [9.17, 15) is 9.90 Å². The number of ketones is 1. The van der Waals surface area contributed by atoms with Crippen LogP contribution in [-0.4, -0.2) is 23.9 Å². The number of aliphatic hydroxyl groups is 1. The van der Waals surface area contributed by atoms with Crippen LogP contribution in [0.25, 0.3) is 43.6 Å². The van der Waals surface area contributed by atoms with Crippen LogP contribution < -0.4 is 5.19 Å². The Labute approximate surface area is 290 Å². The number of benzene rings is 4. The Balaban J connectivity index is 0.000000280. The van der Waals surface area contributed by atoms with Crippen molar-refractivity contribution >= 4 is 51.4 Å². The first-order valence-electron chi connectivity index (χ1n) is 16.5. The van der Waals surface area contributed by atoms with Crippen LogP contribution >= 0.6 is 0 Å². The van der Waals surface area contributed by atoms with Crippen LogP contribution in [0.15, 0.2) is 90.8 Å². The summed E-state index contributed by atoms with van der Waals surface area (Å²) < 4.78 is 0. The maximum atomic E-state index is 12.2. The monoisotopic (exact) mass is 809 g/mol. The van der Waals surface area contributed by atoms with Crippen LogP contribution in [-0.2, 0) is 24.9 Å². The molecule has 5 heteroatoms. The Kier molecular flexibility index (Phi) is 12.3. The molecule has 0 amide bonds. The van der Waals surface area contributed by atoms with Gasteiger partial charge in [-0.1, -0.05) is 127 Å². The van der Waals surface area contributed by atoms with Gasteiger partial charge in [-0.05, 0) is 53.3 Å². The van der Waals surface area contributed by atoms with E-state index < -0.39 is 8.07 Å². The first kappa shape index (κ1) is 37.3. The molecule has 0 saturated heterocycles. The third kappa shape index (κ3) is 7.70. The number of rotatable bonds is 9. The van der Waals surface area contributed by atoms with Gasteiger partial charge >= 0.3 is 0 Å². The molecule has 5 rings (SSSR count). The summed E-state index contributed by atoms with van der Waals surface area (Å²) in [7, 11) is -1.52. The van der Waals surface area contributed by atoms with Gasteiger partial charge in [0.25, 0.3) is 0 Å². The van der Waals surface area contributed by atoms with Crippen molar-refractivity contribution in [3.63, 3.8) is 0 Å². The Morgan fingerprint density at radius 3 is 1.98 bits per heavy atom. The van der Waals surface area contributed by atoms with Crippen molar-refractivity contribution in [2.24, 2.45) is 10.8 Å². The number of pyridine rings is 1. The van der Waals surface area contributed by atoms with Crippen molar-refractivity contribution in [2.75, 3.05) is 0 Å². The number of hydrogen-bond donors (Lipinski definition) is 1. The summed E-state index contributed by atoms with van der Waals surface area (Å²) in [5.41, 5.74) is 1.51. The summed E-state index contributed by atoms with van der Waals surface area (Å²) in [6, 6.07) is 29.7. The van der Waals surface area contributed by atoms with Crippen LogP contribution in [0.4, 0.5) is 0 Å². The number of hydrogen-bond acceptors (Lipinski definition) is 3. The quantitative estimate of drug-likeness (QED) is 0.0531. The van der Waals surface area contributed by atoms with Crippen LogP contribution in [0.2, 0.25) is 19.6 Å². The second kappa shape index (κ2) is 15.2. The maximum Gasteiger partial charge on any atom is 0.164 e. The maximum absolute atomic E-state index is 12.2. The summed E-state index contributed by atoms with van der Waals surface area (Å²) in [5.74, 6) is 0.286. The molecule has 0 bridgehead atoms. The van der Waals surface area contributed by atoms with Gasteiger partial charge in [0.15, 0.2) is 5.78 Å². The minimum atomic E-state index is -1.52. The fourth-order valence-electron chi connectivity index (χ4n) is 5.81. The number of aromatic nitrogens is 1. The van der Waals surface area contributed by atoms with E-state index in [0.29, 0.717) is 0 Å². The normalized spacial score (nSPS) is 12.5. The number of aliphatic hydroxyl groups excluding tert-OH is 1. The van der Waals surface area contributed by atoms with Crippen molar-refractivity contribution in [1.29, 1.82) is 0 Å². The average Bonchev–Trinajstić information content (AvgIpc) is 3.06. The topological polar surface area (TPSA) is 50.2 Å². The number of nitrogens with zero attached hydrogens (tertiary/aromatic N) is 1. The summed E-state index contributed by atoms with van der Waals surface area (Å²) in [4.78, 5) is 17.0. The van der Waals surface area contributed by atoms with Crippen molar-refractivity contribution in [3.8, 4) is 11.3 Å². The Morgan fingerprint density at radius 2 is 1.37 bits per heavy atom. The minimum absolute atomic E-state index is 0. The molecule has 0 aliphatic carbocycles. The fourth-order valence-corrected chi connectivity index (χ4v) is 7.42. The average molecular weight is 809 g/mol. The molecule has 0 spiro atoms. The molecule has 0 unspecified atom stereocenters. The molecule has 46 heavy (non-hydrogen) atoms. The molecule has 5 aromatic rings. The molecule has 4 aromatic carbocycles. The van der Waals surface area contributed by atoms with Gasteiger partial charge in [-0.15, -0.1) is 28.8 Å². The van der Waals surface area contributed by atoms with Crippen molar-refractivity contribution in [2.45, 2.75) is 86.9 Å². The molecule has 3 nitrogen and oxygen atoms in total. The summed E-state index contributed by atoms with van der Waals surface area (Å²) in [6.07, 6.45) is 6.69. The van der Waals surface area contributed by atoms with E-state index >= 15 is 0 Å². The van der Waals surface area contributed by atoms with Gasteiger partial charge in [-0.25, -0.2) is 0 Å². The van der Waals surface area contributed by atoms with Gasteiger partial charge in [0, 0.05) is 48.9 Å². The van der Waals surface area contributed by atoms with Crippen molar-refractivity contribution in [1.82, 2.24) is 4.98 Å². The molecular weight excluding hydrogens is 759 g/mol. The summed E-state index contributed by atoms with van der Waals surface area (Å²) in [6.45, 7) is 19.3. The second-order valence-corrected chi connectivity index (χ2v) is 18.9. The molecule has 245 valence electrons. The van der Waals surface area contributed by atoms with Gasteiger partial charge in [-0.3, -0.25) is 9.78 Å². The van der Waals surface area contributed by atoms with E-state index in [0.717, 1.165) is 36.9 Å². The Bertz CT molecular complexity index is 1850. The standard InChI is InChI=1S/C26H22NSi.C15H28O2.Ir/c1-28(2,3)25-17-20(16-19-9-5-7-11-22(19)25)26-24-13-12-18-8-4-6-10-21(18)23(24)14-15-27-26;1-7-14(5,8-2)12(16)11-13(17)15(6,9-3)10-4;/h4-15,17H,1-3H3;11,16H,7-10H2,1-6H3;/q-1;;/b;12-11-;. The molecular formula is C41H50IrNO2Si-. The van der Waals surface area contributed by atoms with Gasteiger partial charge < -0.3 is 5.11 Å². The number of fused-ring (bicyclic) bond motifs is 4. The third-order valence-electron chi connectivity index (χ3n) is 10.1. The van der Waals surface area contributed by atoms with Gasteiger partial charge in [0.1, 0.15) is 5.76 Å². The fraction of sp³-hybridized carbons (Fsp3) is 0.366. The number of carbonyl (C=O) groups is 1. The van der Waals surface area contributed by atoms with E-state index in [4.69, 9.17) is 4.98 Å².